The molecule has 0 amide bonds. The molecule has 0 saturated heterocycles. The number of hydrogen-bond donors (Lipinski definition) is 0. The van der Waals surface area contributed by atoms with Crippen LogP contribution in [0, 0.1) is 11.6 Å². The lowest BCUT2D eigenvalue weighted by atomic mass is 10.2. The Labute approximate surface area is 103 Å². The van der Waals surface area contributed by atoms with Crippen LogP contribution in [0.15, 0.2) is 16.6 Å². The van der Waals surface area contributed by atoms with Gasteiger partial charge in [-0.25, -0.2) is 8.78 Å². The highest BCUT2D eigenvalue weighted by Crippen LogP contribution is 2.26. The maximum Gasteiger partial charge on any atom is 0.190 e. The highest BCUT2D eigenvalue weighted by atomic mass is 79.9. The Bertz CT molecular complexity index is 319. The minimum Gasteiger partial charge on any atom is -0.488 e. The first kappa shape index (κ1) is 13.4. The minimum atomic E-state index is -0.664. The van der Waals surface area contributed by atoms with E-state index >= 15 is 0 Å². The van der Waals surface area contributed by atoms with Crippen molar-refractivity contribution in [2.45, 2.75) is 32.6 Å². The van der Waals surface area contributed by atoms with Crippen molar-refractivity contribution >= 4 is 15.9 Å². The molecular weight excluding hydrogens is 278 g/mol. The zero-order valence-electron chi connectivity index (χ0n) is 9.23. The van der Waals surface area contributed by atoms with Gasteiger partial charge in [0.1, 0.15) is 0 Å². The topological polar surface area (TPSA) is 9.23 Å². The Morgan fingerprint density at radius 3 is 2.31 bits per heavy atom. The van der Waals surface area contributed by atoms with Crippen molar-refractivity contribution in [3.8, 4) is 5.75 Å². The van der Waals surface area contributed by atoms with Crippen molar-refractivity contribution in [2.75, 3.05) is 6.61 Å². The third-order valence-corrected chi connectivity index (χ3v) is 2.67. The molecule has 1 nitrogen and oxygen atoms in total. The number of rotatable bonds is 6. The SMILES string of the molecule is CCCCCCOc1c(F)cc(Br)cc1F. The lowest BCUT2D eigenvalue weighted by Crippen LogP contribution is -2.01. The number of halogens is 3. The summed E-state index contributed by atoms with van der Waals surface area (Å²) in [6.45, 7) is 2.46. The van der Waals surface area contributed by atoms with E-state index in [0.29, 0.717) is 11.1 Å². The number of benzene rings is 1. The van der Waals surface area contributed by atoms with Gasteiger partial charge in [0, 0.05) is 4.47 Å². The van der Waals surface area contributed by atoms with Gasteiger partial charge in [-0.1, -0.05) is 42.1 Å². The minimum absolute atomic E-state index is 0.278. The monoisotopic (exact) mass is 292 g/mol. The van der Waals surface area contributed by atoms with Crippen LogP contribution in [-0.4, -0.2) is 6.61 Å². The molecule has 0 heterocycles. The molecule has 0 aliphatic heterocycles. The molecule has 0 bridgehead atoms. The molecule has 0 unspecified atom stereocenters. The Morgan fingerprint density at radius 1 is 1.12 bits per heavy atom. The molecule has 0 aliphatic rings. The van der Waals surface area contributed by atoms with Gasteiger partial charge in [0.15, 0.2) is 17.4 Å². The smallest absolute Gasteiger partial charge is 0.190 e. The average molecular weight is 293 g/mol. The number of ether oxygens (including phenoxy) is 1. The molecule has 90 valence electrons. The summed E-state index contributed by atoms with van der Waals surface area (Å²) in [6.07, 6.45) is 4.09. The summed E-state index contributed by atoms with van der Waals surface area (Å²) in [5.41, 5.74) is 0. The molecule has 0 atom stereocenters. The van der Waals surface area contributed by atoms with Crippen LogP contribution in [0.5, 0.6) is 5.75 Å². The van der Waals surface area contributed by atoms with Crippen LogP contribution in [0.25, 0.3) is 0 Å². The molecule has 0 spiro atoms. The molecule has 0 radical (unpaired) electrons. The first-order chi connectivity index (χ1) is 7.65. The summed E-state index contributed by atoms with van der Waals surface area (Å²) in [5.74, 6) is -1.61. The Hall–Kier alpha value is -0.640. The van der Waals surface area contributed by atoms with Gasteiger partial charge in [0.2, 0.25) is 0 Å². The van der Waals surface area contributed by atoms with Gasteiger partial charge in [-0.15, -0.1) is 0 Å². The molecule has 1 aromatic rings. The Kier molecular flexibility index (Phi) is 5.74. The van der Waals surface area contributed by atoms with Crippen LogP contribution in [-0.2, 0) is 0 Å². The van der Waals surface area contributed by atoms with Gasteiger partial charge in [0.05, 0.1) is 6.61 Å². The summed E-state index contributed by atoms with van der Waals surface area (Å²) >= 11 is 3.01. The van der Waals surface area contributed by atoms with E-state index in [1.54, 1.807) is 0 Å². The summed E-state index contributed by atoms with van der Waals surface area (Å²) < 4.78 is 32.1. The largest absolute Gasteiger partial charge is 0.488 e. The summed E-state index contributed by atoms with van der Waals surface area (Å²) in [7, 11) is 0. The Balaban J connectivity index is 2.47. The first-order valence-corrected chi connectivity index (χ1v) is 6.21. The van der Waals surface area contributed by atoms with Crippen LogP contribution in [0.3, 0.4) is 0 Å². The van der Waals surface area contributed by atoms with Crippen molar-refractivity contribution < 1.29 is 13.5 Å². The molecule has 0 fully saturated rings. The van der Waals surface area contributed by atoms with E-state index in [2.05, 4.69) is 22.9 Å². The van der Waals surface area contributed by atoms with E-state index in [1.165, 1.54) is 12.1 Å². The standard InChI is InChI=1S/C12H15BrF2O/c1-2-3-4-5-6-16-12-10(14)7-9(13)8-11(12)15/h7-8H,2-6H2,1H3. The molecule has 16 heavy (non-hydrogen) atoms. The van der Waals surface area contributed by atoms with E-state index in [-0.39, 0.29) is 5.75 Å². The third-order valence-electron chi connectivity index (χ3n) is 2.21. The van der Waals surface area contributed by atoms with Crippen molar-refractivity contribution in [3.05, 3.63) is 28.2 Å². The third kappa shape index (κ3) is 4.08. The number of unbranched alkanes of at least 4 members (excludes halogenated alkanes) is 3. The fraction of sp³-hybridized carbons (Fsp3) is 0.500. The lowest BCUT2D eigenvalue weighted by molar-refractivity contribution is 0.275. The van der Waals surface area contributed by atoms with Gasteiger partial charge in [-0.2, -0.15) is 0 Å². The van der Waals surface area contributed by atoms with E-state index in [0.717, 1.165) is 25.7 Å². The van der Waals surface area contributed by atoms with Crippen LogP contribution >= 0.6 is 15.9 Å². The van der Waals surface area contributed by atoms with Crippen molar-refractivity contribution in [1.29, 1.82) is 0 Å². The van der Waals surface area contributed by atoms with Gasteiger partial charge >= 0.3 is 0 Å². The molecule has 0 N–H and O–H groups in total. The van der Waals surface area contributed by atoms with Gasteiger partial charge in [0.25, 0.3) is 0 Å². The predicted molar refractivity (Wildman–Crippen MR) is 63.7 cm³/mol. The molecule has 4 heteroatoms. The molecular formula is C12H15BrF2O. The van der Waals surface area contributed by atoms with E-state index in [4.69, 9.17) is 4.74 Å². The lowest BCUT2D eigenvalue weighted by Gasteiger charge is -2.08. The van der Waals surface area contributed by atoms with Crippen LogP contribution in [0.2, 0.25) is 0 Å². The molecule has 1 rings (SSSR count). The normalized spacial score (nSPS) is 10.5. The van der Waals surface area contributed by atoms with Crippen LogP contribution in [0.4, 0.5) is 8.78 Å². The second-order valence-corrected chi connectivity index (χ2v) is 4.52. The highest BCUT2D eigenvalue weighted by molar-refractivity contribution is 9.10. The maximum absolute atomic E-state index is 13.3. The summed E-state index contributed by atoms with van der Waals surface area (Å²) in [5, 5.41) is 0. The van der Waals surface area contributed by atoms with Gasteiger partial charge in [-0.05, 0) is 18.6 Å². The molecule has 1 aromatic carbocycles. The summed E-state index contributed by atoms with van der Waals surface area (Å²) in [6, 6.07) is 2.40. The quantitative estimate of drug-likeness (QED) is 0.692. The molecule has 0 aliphatic carbocycles. The van der Waals surface area contributed by atoms with Crippen molar-refractivity contribution in [3.63, 3.8) is 0 Å². The first-order valence-electron chi connectivity index (χ1n) is 5.42. The molecule has 0 saturated carbocycles. The second-order valence-electron chi connectivity index (χ2n) is 3.61. The second kappa shape index (κ2) is 6.84. The van der Waals surface area contributed by atoms with Crippen molar-refractivity contribution in [1.82, 2.24) is 0 Å². The van der Waals surface area contributed by atoms with E-state index in [9.17, 15) is 8.78 Å². The summed E-state index contributed by atoms with van der Waals surface area (Å²) in [4.78, 5) is 0. The predicted octanol–water partition coefficient (Wildman–Crippen LogP) is 4.69. The van der Waals surface area contributed by atoms with Crippen molar-refractivity contribution in [2.24, 2.45) is 0 Å². The average Bonchev–Trinajstić information content (AvgIpc) is 2.20. The van der Waals surface area contributed by atoms with Crippen LogP contribution < -0.4 is 4.74 Å². The fourth-order valence-corrected chi connectivity index (χ4v) is 1.77. The van der Waals surface area contributed by atoms with E-state index < -0.39 is 11.6 Å². The Morgan fingerprint density at radius 2 is 1.75 bits per heavy atom. The maximum atomic E-state index is 13.3. The fourth-order valence-electron chi connectivity index (χ4n) is 1.37. The zero-order valence-corrected chi connectivity index (χ0v) is 10.8. The van der Waals surface area contributed by atoms with Gasteiger partial charge < -0.3 is 4.74 Å². The van der Waals surface area contributed by atoms with Crippen LogP contribution in [0.1, 0.15) is 32.6 Å². The van der Waals surface area contributed by atoms with E-state index in [1.807, 2.05) is 0 Å². The molecule has 0 aromatic heterocycles. The highest BCUT2D eigenvalue weighted by Gasteiger charge is 2.11. The van der Waals surface area contributed by atoms with Gasteiger partial charge in [-0.3, -0.25) is 0 Å². The zero-order chi connectivity index (χ0) is 12.0. The number of hydrogen-bond acceptors (Lipinski definition) is 1.